The van der Waals surface area contributed by atoms with Crippen molar-refractivity contribution in [1.82, 2.24) is 0 Å². The van der Waals surface area contributed by atoms with Crippen LogP contribution in [0.25, 0.3) is 5.57 Å². The van der Waals surface area contributed by atoms with E-state index < -0.39 is 12.1 Å². The van der Waals surface area contributed by atoms with Gasteiger partial charge in [-0.1, -0.05) is 18.2 Å². The van der Waals surface area contributed by atoms with Gasteiger partial charge in [0, 0.05) is 11.1 Å². The number of aliphatic carboxylic acids is 1. The lowest BCUT2D eigenvalue weighted by molar-refractivity contribution is -0.140. The molecule has 0 bridgehead atoms. The summed E-state index contributed by atoms with van der Waals surface area (Å²) in [7, 11) is 1.54. The number of benzene rings is 1. The molecule has 0 heterocycles. The van der Waals surface area contributed by atoms with Crippen LogP contribution >= 0.6 is 0 Å². The number of fused-ring (bicyclic) bond motifs is 1. The molecule has 1 unspecified atom stereocenters. The Hall–Kier alpha value is -1.84. The van der Waals surface area contributed by atoms with Gasteiger partial charge in [-0.25, -0.2) is 9.18 Å². The molecule has 0 saturated heterocycles. The molecule has 16 heavy (non-hydrogen) atoms. The molecule has 2 rings (SSSR count). The molecular formula is C12H11FO3. The monoisotopic (exact) mass is 222 g/mol. The third-order valence-corrected chi connectivity index (χ3v) is 2.68. The van der Waals surface area contributed by atoms with E-state index in [1.807, 2.05) is 0 Å². The van der Waals surface area contributed by atoms with Gasteiger partial charge in [0.15, 0.2) is 0 Å². The summed E-state index contributed by atoms with van der Waals surface area (Å²) < 4.78 is 18.6. The van der Waals surface area contributed by atoms with E-state index in [0.717, 1.165) is 5.56 Å². The molecule has 1 aliphatic rings. The van der Waals surface area contributed by atoms with Gasteiger partial charge in [-0.2, -0.15) is 0 Å². The van der Waals surface area contributed by atoms with Gasteiger partial charge in [-0.3, -0.25) is 0 Å². The summed E-state index contributed by atoms with van der Waals surface area (Å²) in [5, 5.41) is 8.65. The summed E-state index contributed by atoms with van der Waals surface area (Å²) in [6.07, 6.45) is 0.155. The van der Waals surface area contributed by atoms with Crippen LogP contribution in [0.3, 0.4) is 0 Å². The Morgan fingerprint density at radius 3 is 2.94 bits per heavy atom. The molecule has 0 spiro atoms. The molecule has 0 amide bonds. The van der Waals surface area contributed by atoms with Crippen LogP contribution in [-0.4, -0.2) is 24.4 Å². The number of rotatable bonds is 3. The van der Waals surface area contributed by atoms with E-state index in [9.17, 15) is 9.18 Å². The van der Waals surface area contributed by atoms with E-state index in [1.54, 1.807) is 24.3 Å². The first-order valence-corrected chi connectivity index (χ1v) is 4.88. The van der Waals surface area contributed by atoms with Crippen molar-refractivity contribution in [2.45, 2.75) is 12.6 Å². The Labute approximate surface area is 92.2 Å². The van der Waals surface area contributed by atoms with Crippen molar-refractivity contribution in [1.29, 1.82) is 0 Å². The number of hydrogen-bond acceptors (Lipinski definition) is 2. The topological polar surface area (TPSA) is 46.5 Å². The molecule has 0 fully saturated rings. The standard InChI is InChI=1S/C12H11FO3/c1-16-10-4-2-3-7-8(10)5-6-9(7)11(13)12(14)15/h2-4,6,11H,5H2,1H3,(H,14,15). The van der Waals surface area contributed by atoms with E-state index in [0.29, 0.717) is 17.7 Å². The average molecular weight is 222 g/mol. The van der Waals surface area contributed by atoms with E-state index in [1.165, 1.54) is 7.11 Å². The molecule has 1 N–H and O–H groups in total. The van der Waals surface area contributed by atoms with Crippen LogP contribution in [0.1, 0.15) is 11.1 Å². The van der Waals surface area contributed by atoms with E-state index in [4.69, 9.17) is 9.84 Å². The summed E-state index contributed by atoms with van der Waals surface area (Å²) >= 11 is 0. The highest BCUT2D eigenvalue weighted by molar-refractivity contribution is 5.92. The van der Waals surface area contributed by atoms with Gasteiger partial charge in [-0.15, -0.1) is 0 Å². The molecule has 0 radical (unpaired) electrons. The number of methoxy groups -OCH3 is 1. The second-order valence-electron chi connectivity index (χ2n) is 3.55. The maximum atomic E-state index is 13.4. The van der Waals surface area contributed by atoms with Crippen molar-refractivity contribution >= 4 is 11.5 Å². The van der Waals surface area contributed by atoms with Crippen LogP contribution in [-0.2, 0) is 11.2 Å². The lowest BCUT2D eigenvalue weighted by Gasteiger charge is -2.10. The SMILES string of the molecule is COc1cccc2c1CC=C2C(F)C(=O)O. The lowest BCUT2D eigenvalue weighted by atomic mass is 10.0. The highest BCUT2D eigenvalue weighted by Crippen LogP contribution is 2.36. The van der Waals surface area contributed by atoms with Gasteiger partial charge < -0.3 is 9.84 Å². The molecule has 0 aromatic heterocycles. The normalized spacial score (nSPS) is 15.2. The lowest BCUT2D eigenvalue weighted by Crippen LogP contribution is -2.15. The Bertz CT molecular complexity index is 465. The smallest absolute Gasteiger partial charge is 0.343 e. The highest BCUT2D eigenvalue weighted by atomic mass is 19.1. The zero-order chi connectivity index (χ0) is 11.7. The van der Waals surface area contributed by atoms with Gasteiger partial charge in [-0.05, 0) is 18.1 Å². The minimum Gasteiger partial charge on any atom is -0.496 e. The van der Waals surface area contributed by atoms with Gasteiger partial charge >= 0.3 is 5.97 Å². The molecule has 1 atom stereocenters. The zero-order valence-electron chi connectivity index (χ0n) is 8.74. The van der Waals surface area contributed by atoms with Crippen LogP contribution in [0, 0.1) is 0 Å². The Morgan fingerprint density at radius 1 is 1.56 bits per heavy atom. The van der Waals surface area contributed by atoms with Gasteiger partial charge in [0.2, 0.25) is 6.17 Å². The summed E-state index contributed by atoms with van der Waals surface area (Å²) in [5.74, 6) is -0.789. The molecule has 0 aliphatic heterocycles. The van der Waals surface area contributed by atoms with Crippen LogP contribution in [0.4, 0.5) is 4.39 Å². The number of carboxylic acids is 1. The number of halogens is 1. The first kappa shape index (κ1) is 10.7. The first-order chi connectivity index (χ1) is 7.65. The van der Waals surface area contributed by atoms with Crippen molar-refractivity contribution in [2.24, 2.45) is 0 Å². The summed E-state index contributed by atoms with van der Waals surface area (Å²) in [6, 6.07) is 5.22. The van der Waals surface area contributed by atoms with Crippen molar-refractivity contribution in [2.75, 3.05) is 7.11 Å². The molecule has 1 aliphatic carbocycles. The Morgan fingerprint density at radius 2 is 2.31 bits per heavy atom. The molecule has 84 valence electrons. The quantitative estimate of drug-likeness (QED) is 0.851. The maximum Gasteiger partial charge on any atom is 0.343 e. The second-order valence-corrected chi connectivity index (χ2v) is 3.55. The molecule has 0 saturated carbocycles. The predicted molar refractivity (Wildman–Crippen MR) is 57.2 cm³/mol. The van der Waals surface area contributed by atoms with Crippen LogP contribution in [0.2, 0.25) is 0 Å². The number of ether oxygens (including phenoxy) is 1. The summed E-state index contributed by atoms with van der Waals surface area (Å²) in [5.41, 5.74) is 1.71. The number of carbonyl (C=O) groups is 1. The average Bonchev–Trinajstić information content (AvgIpc) is 2.71. The number of hydrogen-bond donors (Lipinski definition) is 1. The largest absolute Gasteiger partial charge is 0.496 e. The van der Waals surface area contributed by atoms with E-state index in [-0.39, 0.29) is 5.57 Å². The Kier molecular flexibility index (Phi) is 2.64. The van der Waals surface area contributed by atoms with Crippen LogP contribution in [0.5, 0.6) is 5.75 Å². The van der Waals surface area contributed by atoms with Gasteiger partial charge in [0.25, 0.3) is 0 Å². The zero-order valence-corrected chi connectivity index (χ0v) is 8.74. The molecule has 1 aromatic rings. The van der Waals surface area contributed by atoms with E-state index in [2.05, 4.69) is 0 Å². The molecular weight excluding hydrogens is 211 g/mol. The number of carboxylic acid groups (broad SMARTS) is 1. The fourth-order valence-corrected chi connectivity index (χ4v) is 1.93. The Balaban J connectivity index is 2.42. The minimum atomic E-state index is -1.96. The van der Waals surface area contributed by atoms with Gasteiger partial charge in [0.05, 0.1) is 7.11 Å². The van der Waals surface area contributed by atoms with Gasteiger partial charge in [0.1, 0.15) is 5.75 Å². The van der Waals surface area contributed by atoms with Crippen molar-refractivity contribution in [3.05, 3.63) is 35.4 Å². The maximum absolute atomic E-state index is 13.4. The van der Waals surface area contributed by atoms with Crippen molar-refractivity contribution in [3.63, 3.8) is 0 Å². The number of allylic oxidation sites excluding steroid dienone is 1. The van der Waals surface area contributed by atoms with Crippen LogP contribution < -0.4 is 4.74 Å². The third kappa shape index (κ3) is 1.56. The van der Waals surface area contributed by atoms with Crippen LogP contribution in [0.15, 0.2) is 24.3 Å². The second kappa shape index (κ2) is 3.96. The third-order valence-electron chi connectivity index (χ3n) is 2.68. The molecule has 4 heteroatoms. The predicted octanol–water partition coefficient (Wildman–Crippen LogP) is 2.06. The summed E-state index contributed by atoms with van der Waals surface area (Å²) in [4.78, 5) is 10.6. The molecule has 3 nitrogen and oxygen atoms in total. The fourth-order valence-electron chi connectivity index (χ4n) is 1.93. The first-order valence-electron chi connectivity index (χ1n) is 4.88. The fraction of sp³-hybridized carbons (Fsp3) is 0.250. The minimum absolute atomic E-state index is 0.224. The van der Waals surface area contributed by atoms with E-state index >= 15 is 0 Å². The van der Waals surface area contributed by atoms with Crippen molar-refractivity contribution in [3.8, 4) is 5.75 Å². The summed E-state index contributed by atoms with van der Waals surface area (Å²) in [6.45, 7) is 0. The molecule has 1 aromatic carbocycles. The van der Waals surface area contributed by atoms with Crippen molar-refractivity contribution < 1.29 is 19.0 Å². The highest BCUT2D eigenvalue weighted by Gasteiger charge is 2.28. The number of alkyl halides is 1.